The highest BCUT2D eigenvalue weighted by molar-refractivity contribution is 9.10. The van der Waals surface area contributed by atoms with Gasteiger partial charge in [0.25, 0.3) is 5.91 Å². The molecule has 2 aromatic rings. The molecule has 2 N–H and O–H groups in total. The van der Waals surface area contributed by atoms with Crippen LogP contribution in [0.2, 0.25) is 0 Å². The number of ether oxygens (including phenoxy) is 1. The first kappa shape index (κ1) is 29.2. The summed E-state index contributed by atoms with van der Waals surface area (Å²) in [5.74, 6) is -0.572. The maximum atomic E-state index is 12.2. The second-order valence-electron chi connectivity index (χ2n) is 8.62. The van der Waals surface area contributed by atoms with E-state index in [1.807, 2.05) is 6.07 Å². The Morgan fingerprint density at radius 3 is 2.22 bits per heavy atom. The van der Waals surface area contributed by atoms with Gasteiger partial charge in [-0.15, -0.1) is 0 Å². The fourth-order valence-electron chi connectivity index (χ4n) is 3.49. The first-order chi connectivity index (χ1) is 17.5. The van der Waals surface area contributed by atoms with E-state index in [4.69, 9.17) is 4.74 Å². The highest BCUT2D eigenvalue weighted by atomic mass is 79.9. The lowest BCUT2D eigenvalue weighted by Crippen LogP contribution is -2.34. The minimum absolute atomic E-state index is 0.113. The molecule has 2 rings (SSSR count). The van der Waals surface area contributed by atoms with E-state index in [2.05, 4.69) is 38.7 Å². The molecule has 2 amide bonds. The van der Waals surface area contributed by atoms with Crippen molar-refractivity contribution >= 4 is 39.9 Å². The summed E-state index contributed by atoms with van der Waals surface area (Å²) >= 11 is 3.33. The number of amides is 2. The molecular formula is C28H36BrN3O4. The Hall–Kier alpha value is -3.00. The molecule has 0 atom stereocenters. The quantitative estimate of drug-likeness (QED) is 0.0849. The number of nitrogens with one attached hydrogen (secondary N) is 2. The Balaban J connectivity index is 1.58. The van der Waals surface area contributed by atoms with Gasteiger partial charge in [-0.3, -0.25) is 9.59 Å². The fraction of sp³-hybridized carbons (Fsp3) is 0.429. The van der Waals surface area contributed by atoms with Gasteiger partial charge in [-0.05, 0) is 54.4 Å². The Morgan fingerprint density at radius 2 is 1.56 bits per heavy atom. The number of hydrogen-bond donors (Lipinski definition) is 2. The van der Waals surface area contributed by atoms with Gasteiger partial charge in [-0.1, -0.05) is 80.3 Å². The molecule has 0 aromatic heterocycles. The zero-order chi connectivity index (χ0) is 26.0. The molecule has 0 bridgehead atoms. The van der Waals surface area contributed by atoms with Crippen molar-refractivity contribution in [2.45, 2.75) is 71.1 Å². The maximum absolute atomic E-state index is 12.2. The summed E-state index contributed by atoms with van der Waals surface area (Å²) in [5.41, 5.74) is 3.55. The summed E-state index contributed by atoms with van der Waals surface area (Å²) < 4.78 is 6.15. The molecule has 0 saturated heterocycles. The van der Waals surface area contributed by atoms with Gasteiger partial charge in [0, 0.05) is 10.9 Å². The molecule has 0 aliphatic carbocycles. The molecule has 0 aliphatic rings. The zero-order valence-electron chi connectivity index (χ0n) is 20.9. The van der Waals surface area contributed by atoms with Crippen LogP contribution in [0.1, 0.15) is 87.1 Å². The summed E-state index contributed by atoms with van der Waals surface area (Å²) in [6, 6.07) is 13.7. The third-order valence-electron chi connectivity index (χ3n) is 5.51. The molecular weight excluding hydrogens is 522 g/mol. The van der Waals surface area contributed by atoms with Crippen LogP contribution in [0.25, 0.3) is 0 Å². The first-order valence-corrected chi connectivity index (χ1v) is 13.4. The molecule has 2 aromatic carbocycles. The minimum Gasteiger partial charge on any atom is -0.423 e. The number of nitrogens with zero attached hydrogens (tertiary/aromatic N) is 1. The van der Waals surface area contributed by atoms with Crippen LogP contribution in [0.5, 0.6) is 5.75 Å². The smallest absolute Gasteiger partial charge is 0.343 e. The molecule has 0 radical (unpaired) electrons. The number of esters is 1. The van der Waals surface area contributed by atoms with E-state index in [9.17, 15) is 14.4 Å². The van der Waals surface area contributed by atoms with Gasteiger partial charge in [-0.25, -0.2) is 10.2 Å². The predicted octanol–water partition coefficient (Wildman–Crippen LogP) is 6.16. The van der Waals surface area contributed by atoms with E-state index in [0.717, 1.165) is 23.7 Å². The van der Waals surface area contributed by atoms with Gasteiger partial charge in [0.2, 0.25) is 5.91 Å². The summed E-state index contributed by atoms with van der Waals surface area (Å²) in [5, 5.41) is 6.52. The summed E-state index contributed by atoms with van der Waals surface area (Å²) in [6.07, 6.45) is 12.7. The second kappa shape index (κ2) is 17.4. The third kappa shape index (κ3) is 12.6. The van der Waals surface area contributed by atoms with Crippen LogP contribution in [-0.4, -0.2) is 30.5 Å². The molecule has 7 nitrogen and oxygen atoms in total. The second-order valence-corrected chi connectivity index (χ2v) is 9.53. The Bertz CT molecular complexity index is 993. The van der Waals surface area contributed by atoms with Crippen LogP contribution in [0, 0.1) is 0 Å². The van der Waals surface area contributed by atoms with Crippen molar-refractivity contribution in [1.82, 2.24) is 10.7 Å². The van der Waals surface area contributed by atoms with Gasteiger partial charge < -0.3 is 10.1 Å². The van der Waals surface area contributed by atoms with Crippen LogP contribution in [0.4, 0.5) is 0 Å². The first-order valence-electron chi connectivity index (χ1n) is 12.6. The number of carbonyl (C=O) groups is 3. The van der Waals surface area contributed by atoms with Crippen LogP contribution >= 0.6 is 15.9 Å². The van der Waals surface area contributed by atoms with Crippen LogP contribution in [0.3, 0.4) is 0 Å². The number of unbranched alkanes of at least 4 members (excludes halogenated alkanes) is 8. The van der Waals surface area contributed by atoms with Gasteiger partial charge in [0.05, 0.1) is 18.3 Å². The van der Waals surface area contributed by atoms with Crippen molar-refractivity contribution in [3.63, 3.8) is 0 Å². The molecule has 0 spiro atoms. The Kier molecular flexibility index (Phi) is 14.2. The molecule has 0 aliphatic heterocycles. The predicted molar refractivity (Wildman–Crippen MR) is 146 cm³/mol. The van der Waals surface area contributed by atoms with Crippen molar-refractivity contribution in [2.24, 2.45) is 5.10 Å². The lowest BCUT2D eigenvalue weighted by molar-refractivity contribution is -0.126. The zero-order valence-corrected chi connectivity index (χ0v) is 22.5. The van der Waals surface area contributed by atoms with Gasteiger partial charge in [0.1, 0.15) is 5.75 Å². The van der Waals surface area contributed by atoms with E-state index in [0.29, 0.717) is 23.3 Å². The van der Waals surface area contributed by atoms with Crippen molar-refractivity contribution < 1.29 is 19.1 Å². The third-order valence-corrected chi connectivity index (χ3v) is 6.00. The van der Waals surface area contributed by atoms with E-state index in [1.54, 1.807) is 42.5 Å². The van der Waals surface area contributed by atoms with Crippen LogP contribution < -0.4 is 15.5 Å². The van der Waals surface area contributed by atoms with E-state index < -0.39 is 11.9 Å². The Morgan fingerprint density at radius 1 is 0.889 bits per heavy atom. The number of benzene rings is 2. The number of halogens is 1. The average molecular weight is 559 g/mol. The fourth-order valence-corrected chi connectivity index (χ4v) is 3.88. The molecule has 0 unspecified atom stereocenters. The Labute approximate surface area is 222 Å². The standard InChI is InChI=1S/C28H36BrN3O4/c1-2-3-4-5-6-7-8-9-10-14-26(33)30-21-27(34)32-31-20-22-15-17-25(18-16-22)36-28(35)23-12-11-13-24(29)19-23/h11-13,15-20H,2-10,14,21H2,1H3,(H,30,33)(H,32,34)/b31-20-. The van der Waals surface area contributed by atoms with Crippen molar-refractivity contribution in [1.29, 1.82) is 0 Å². The van der Waals surface area contributed by atoms with E-state index in [-0.39, 0.29) is 12.5 Å². The summed E-state index contributed by atoms with van der Waals surface area (Å²) in [4.78, 5) is 36.0. The summed E-state index contributed by atoms with van der Waals surface area (Å²) in [7, 11) is 0. The number of hydrogen-bond acceptors (Lipinski definition) is 5. The van der Waals surface area contributed by atoms with E-state index in [1.165, 1.54) is 44.7 Å². The summed E-state index contributed by atoms with van der Waals surface area (Å²) in [6.45, 7) is 2.11. The lowest BCUT2D eigenvalue weighted by atomic mass is 10.1. The molecule has 0 heterocycles. The topological polar surface area (TPSA) is 96.9 Å². The van der Waals surface area contributed by atoms with Crippen molar-refractivity contribution in [3.8, 4) is 5.75 Å². The van der Waals surface area contributed by atoms with Gasteiger partial charge in [-0.2, -0.15) is 5.10 Å². The molecule has 8 heteroatoms. The highest BCUT2D eigenvalue weighted by Gasteiger charge is 2.09. The van der Waals surface area contributed by atoms with Crippen molar-refractivity contribution in [3.05, 3.63) is 64.1 Å². The maximum Gasteiger partial charge on any atom is 0.343 e. The number of carbonyl (C=O) groups excluding carboxylic acids is 3. The molecule has 0 saturated carbocycles. The SMILES string of the molecule is CCCCCCCCCCCC(=O)NCC(=O)N/N=C\c1ccc(OC(=O)c2cccc(Br)c2)cc1. The van der Waals surface area contributed by atoms with Crippen LogP contribution in [0.15, 0.2) is 58.1 Å². The molecule has 194 valence electrons. The monoisotopic (exact) mass is 557 g/mol. The van der Waals surface area contributed by atoms with Crippen molar-refractivity contribution in [2.75, 3.05) is 6.54 Å². The van der Waals surface area contributed by atoms with Crippen LogP contribution in [-0.2, 0) is 9.59 Å². The number of hydrazone groups is 1. The minimum atomic E-state index is -0.454. The molecule has 0 fully saturated rings. The average Bonchev–Trinajstić information content (AvgIpc) is 2.87. The largest absolute Gasteiger partial charge is 0.423 e. The normalized spacial score (nSPS) is 10.8. The van der Waals surface area contributed by atoms with Gasteiger partial charge in [0.15, 0.2) is 0 Å². The molecule has 36 heavy (non-hydrogen) atoms. The van der Waals surface area contributed by atoms with Gasteiger partial charge >= 0.3 is 5.97 Å². The highest BCUT2D eigenvalue weighted by Crippen LogP contribution is 2.16. The lowest BCUT2D eigenvalue weighted by Gasteiger charge is -2.05. The number of rotatable bonds is 16. The van der Waals surface area contributed by atoms with E-state index >= 15 is 0 Å².